The van der Waals surface area contributed by atoms with Crippen molar-refractivity contribution in [2.75, 3.05) is 5.73 Å². The molecule has 0 unspecified atom stereocenters. The molecule has 6 nitrogen and oxygen atoms in total. The molecule has 1 heterocycles. The minimum absolute atomic E-state index is 0.0424. The molecule has 0 radical (unpaired) electrons. The first-order valence-corrected chi connectivity index (χ1v) is 6.46. The number of hydrogen-bond acceptors (Lipinski definition) is 4. The third-order valence-electron chi connectivity index (χ3n) is 3.88. The van der Waals surface area contributed by atoms with E-state index in [1.807, 2.05) is 0 Å². The number of hydrogen-bond donors (Lipinski definition) is 1. The molecule has 1 fully saturated rings. The van der Waals surface area contributed by atoms with Gasteiger partial charge in [-0.15, -0.1) is 0 Å². The lowest BCUT2D eigenvalue weighted by atomic mass is 9.83. The average Bonchev–Trinajstić information content (AvgIpc) is 2.57. The normalized spacial score (nSPS) is 24.1. The summed E-state index contributed by atoms with van der Waals surface area (Å²) in [4.78, 5) is 10.4. The minimum atomic E-state index is -0.447. The van der Waals surface area contributed by atoms with Crippen molar-refractivity contribution in [3.8, 4) is 0 Å². The van der Waals surface area contributed by atoms with E-state index >= 15 is 0 Å². The average molecular weight is 252 g/mol. The molecule has 100 valence electrons. The summed E-state index contributed by atoms with van der Waals surface area (Å²) in [6.07, 6.45) is 4.78. The van der Waals surface area contributed by atoms with Gasteiger partial charge in [-0.3, -0.25) is 10.1 Å². The highest BCUT2D eigenvalue weighted by molar-refractivity contribution is 5.55. The van der Waals surface area contributed by atoms with Gasteiger partial charge in [0.05, 0.1) is 4.92 Å². The van der Waals surface area contributed by atoms with Gasteiger partial charge in [-0.05, 0) is 31.6 Å². The molecule has 2 N–H and O–H groups in total. The molecule has 1 saturated carbocycles. The summed E-state index contributed by atoms with van der Waals surface area (Å²) in [5.41, 5.74) is 6.17. The third kappa shape index (κ3) is 2.47. The van der Waals surface area contributed by atoms with Crippen LogP contribution in [0, 0.1) is 28.9 Å². The Kier molecular flexibility index (Phi) is 3.54. The van der Waals surface area contributed by atoms with E-state index in [0.717, 1.165) is 18.8 Å². The molecule has 1 aliphatic carbocycles. The summed E-state index contributed by atoms with van der Waals surface area (Å²) in [5.74, 6) is 1.53. The van der Waals surface area contributed by atoms with E-state index in [2.05, 4.69) is 12.0 Å². The molecule has 2 rings (SSSR count). The van der Waals surface area contributed by atoms with Crippen LogP contribution in [-0.4, -0.2) is 14.7 Å². The van der Waals surface area contributed by atoms with Crippen molar-refractivity contribution in [2.45, 2.75) is 46.1 Å². The lowest BCUT2D eigenvalue weighted by molar-refractivity contribution is -0.384. The van der Waals surface area contributed by atoms with Crippen molar-refractivity contribution in [2.24, 2.45) is 11.8 Å². The quantitative estimate of drug-likeness (QED) is 0.661. The van der Waals surface area contributed by atoms with Crippen LogP contribution in [0.1, 0.15) is 38.3 Å². The van der Waals surface area contributed by atoms with Crippen molar-refractivity contribution in [3.05, 3.63) is 15.8 Å². The maximum absolute atomic E-state index is 10.9. The maximum Gasteiger partial charge on any atom is 0.333 e. The van der Waals surface area contributed by atoms with Crippen LogP contribution in [-0.2, 0) is 6.54 Å². The van der Waals surface area contributed by atoms with Crippen molar-refractivity contribution in [3.63, 3.8) is 0 Å². The summed E-state index contributed by atoms with van der Waals surface area (Å²) >= 11 is 0. The Morgan fingerprint density at radius 1 is 1.44 bits per heavy atom. The fourth-order valence-electron chi connectivity index (χ4n) is 2.71. The Morgan fingerprint density at radius 2 is 2.06 bits per heavy atom. The van der Waals surface area contributed by atoms with Crippen LogP contribution in [0.15, 0.2) is 0 Å². The maximum atomic E-state index is 10.9. The second kappa shape index (κ2) is 4.96. The molecule has 0 aliphatic heterocycles. The molecular weight excluding hydrogens is 232 g/mol. The SMILES string of the molecule is Cc1nn(CC2CCC(C)CC2)c(N)c1[N+](=O)[O-]. The van der Waals surface area contributed by atoms with E-state index in [0.29, 0.717) is 18.2 Å². The smallest absolute Gasteiger partial charge is 0.333 e. The number of anilines is 1. The van der Waals surface area contributed by atoms with Crippen molar-refractivity contribution < 1.29 is 4.92 Å². The van der Waals surface area contributed by atoms with Crippen LogP contribution >= 0.6 is 0 Å². The molecule has 0 aromatic carbocycles. The summed E-state index contributed by atoms with van der Waals surface area (Å²) in [5, 5.41) is 15.1. The highest BCUT2D eigenvalue weighted by atomic mass is 16.6. The zero-order valence-electron chi connectivity index (χ0n) is 10.9. The van der Waals surface area contributed by atoms with Gasteiger partial charge < -0.3 is 5.73 Å². The highest BCUT2D eigenvalue weighted by Gasteiger charge is 2.25. The summed E-state index contributed by atoms with van der Waals surface area (Å²) in [6, 6.07) is 0. The van der Waals surface area contributed by atoms with Gasteiger partial charge in [-0.1, -0.05) is 19.8 Å². The Hall–Kier alpha value is -1.59. The fourth-order valence-corrected chi connectivity index (χ4v) is 2.71. The monoisotopic (exact) mass is 252 g/mol. The van der Waals surface area contributed by atoms with E-state index < -0.39 is 4.92 Å². The first-order chi connectivity index (χ1) is 8.49. The standard InChI is InChI=1S/C12H20N4O2/c1-8-3-5-10(6-4-8)7-15-12(13)11(16(17)18)9(2)14-15/h8,10H,3-7,13H2,1-2H3. The molecule has 1 aliphatic rings. The number of nitrogen functional groups attached to an aromatic ring is 1. The van der Waals surface area contributed by atoms with Gasteiger partial charge in [0.15, 0.2) is 0 Å². The number of nitrogens with two attached hydrogens (primary N) is 1. The van der Waals surface area contributed by atoms with Gasteiger partial charge in [-0.2, -0.15) is 5.10 Å². The highest BCUT2D eigenvalue weighted by Crippen LogP contribution is 2.31. The molecule has 6 heteroatoms. The van der Waals surface area contributed by atoms with E-state index in [9.17, 15) is 10.1 Å². The molecule has 1 aromatic rings. The Morgan fingerprint density at radius 3 is 2.56 bits per heavy atom. The lowest BCUT2D eigenvalue weighted by Gasteiger charge is -2.26. The molecule has 0 amide bonds. The van der Waals surface area contributed by atoms with E-state index in [1.54, 1.807) is 11.6 Å². The second-order valence-electron chi connectivity index (χ2n) is 5.38. The van der Waals surface area contributed by atoms with Gasteiger partial charge in [0.1, 0.15) is 5.69 Å². The van der Waals surface area contributed by atoms with Gasteiger partial charge >= 0.3 is 5.69 Å². The largest absolute Gasteiger partial charge is 0.378 e. The molecule has 0 bridgehead atoms. The van der Waals surface area contributed by atoms with Crippen LogP contribution in [0.5, 0.6) is 0 Å². The Labute approximate surface area is 106 Å². The number of nitrogens with zero attached hydrogens (tertiary/aromatic N) is 3. The lowest BCUT2D eigenvalue weighted by Crippen LogP contribution is -2.19. The first kappa shape index (κ1) is 12.9. The van der Waals surface area contributed by atoms with Crippen molar-refractivity contribution >= 4 is 11.5 Å². The molecular formula is C12H20N4O2. The van der Waals surface area contributed by atoms with Gasteiger partial charge in [0, 0.05) is 6.54 Å². The molecule has 0 spiro atoms. The van der Waals surface area contributed by atoms with Crippen LogP contribution < -0.4 is 5.73 Å². The summed E-state index contributed by atoms with van der Waals surface area (Å²) < 4.78 is 1.61. The number of nitro groups is 1. The minimum Gasteiger partial charge on any atom is -0.378 e. The topological polar surface area (TPSA) is 87.0 Å². The van der Waals surface area contributed by atoms with Gasteiger partial charge in [0.25, 0.3) is 0 Å². The number of aromatic nitrogens is 2. The summed E-state index contributed by atoms with van der Waals surface area (Å²) in [6.45, 7) is 4.61. The van der Waals surface area contributed by atoms with Gasteiger partial charge in [0.2, 0.25) is 5.82 Å². The van der Waals surface area contributed by atoms with Crippen molar-refractivity contribution in [1.29, 1.82) is 0 Å². The molecule has 18 heavy (non-hydrogen) atoms. The molecule has 0 atom stereocenters. The second-order valence-corrected chi connectivity index (χ2v) is 5.38. The number of rotatable bonds is 3. The van der Waals surface area contributed by atoms with E-state index in [1.165, 1.54) is 12.8 Å². The predicted octanol–water partition coefficient (Wildman–Crippen LogP) is 2.51. The zero-order valence-corrected chi connectivity index (χ0v) is 10.9. The Bertz CT molecular complexity index is 447. The van der Waals surface area contributed by atoms with Crippen LogP contribution in [0.4, 0.5) is 11.5 Å². The van der Waals surface area contributed by atoms with E-state index in [4.69, 9.17) is 5.73 Å². The predicted molar refractivity (Wildman–Crippen MR) is 69.2 cm³/mol. The van der Waals surface area contributed by atoms with Crippen LogP contribution in [0.3, 0.4) is 0 Å². The zero-order chi connectivity index (χ0) is 13.3. The van der Waals surface area contributed by atoms with Crippen molar-refractivity contribution in [1.82, 2.24) is 9.78 Å². The third-order valence-corrected chi connectivity index (χ3v) is 3.88. The molecule has 1 aromatic heterocycles. The first-order valence-electron chi connectivity index (χ1n) is 6.46. The van der Waals surface area contributed by atoms with Crippen LogP contribution in [0.2, 0.25) is 0 Å². The van der Waals surface area contributed by atoms with Gasteiger partial charge in [-0.25, -0.2) is 4.68 Å². The Balaban J connectivity index is 2.10. The number of aryl methyl sites for hydroxylation is 1. The van der Waals surface area contributed by atoms with E-state index in [-0.39, 0.29) is 11.5 Å². The van der Waals surface area contributed by atoms with Crippen LogP contribution in [0.25, 0.3) is 0 Å². The molecule has 0 saturated heterocycles. The summed E-state index contributed by atoms with van der Waals surface area (Å²) in [7, 11) is 0. The fraction of sp³-hybridized carbons (Fsp3) is 0.750.